The number of nitrogens with zero attached hydrogens (tertiary/aromatic N) is 2. The number of benzene rings is 1. The lowest BCUT2D eigenvalue weighted by atomic mass is 10.1. The van der Waals surface area contributed by atoms with Gasteiger partial charge >= 0.3 is 0 Å². The first kappa shape index (κ1) is 11.3. The Morgan fingerprint density at radius 3 is 2.58 bits per heavy atom. The fourth-order valence-corrected chi connectivity index (χ4v) is 2.22. The van der Waals surface area contributed by atoms with E-state index >= 15 is 0 Å². The summed E-state index contributed by atoms with van der Waals surface area (Å²) in [6.45, 7) is 0. The highest BCUT2D eigenvalue weighted by atomic mass is 16.1. The molecule has 0 fully saturated rings. The number of carbonyl (C=O) groups excluding carboxylic acids is 1. The Bertz CT molecular complexity index is 776. The summed E-state index contributed by atoms with van der Waals surface area (Å²) in [6, 6.07) is 11.1. The molecule has 0 aliphatic carbocycles. The third-order valence-corrected chi connectivity index (χ3v) is 3.09. The van der Waals surface area contributed by atoms with E-state index in [1.165, 1.54) is 4.57 Å². The molecule has 0 bridgehead atoms. The van der Waals surface area contributed by atoms with E-state index in [4.69, 9.17) is 11.5 Å². The molecule has 19 heavy (non-hydrogen) atoms. The van der Waals surface area contributed by atoms with Crippen LogP contribution in [0.15, 0.2) is 42.6 Å². The third kappa shape index (κ3) is 1.72. The number of aromatic nitrogens is 2. The zero-order valence-electron chi connectivity index (χ0n) is 10.1. The Morgan fingerprint density at radius 2 is 1.84 bits per heavy atom. The highest BCUT2D eigenvalue weighted by molar-refractivity contribution is 6.00. The number of para-hydroxylation sites is 1. The molecular formula is C14H12N4O. The Balaban J connectivity index is 2.33. The van der Waals surface area contributed by atoms with Crippen molar-refractivity contribution in [2.45, 2.75) is 0 Å². The fourth-order valence-electron chi connectivity index (χ4n) is 2.22. The molecule has 3 aromatic rings. The molecule has 5 nitrogen and oxygen atoms in total. The standard InChI is InChI=1S/C14H12N4O/c15-13-6-5-10(14(16)17-13)11-7-18(8-19)12-4-2-1-3-9(11)12/h1-8H,(H4,15,16,17). The lowest BCUT2D eigenvalue weighted by molar-refractivity contribution is 0.549. The van der Waals surface area contributed by atoms with Crippen LogP contribution < -0.4 is 11.5 Å². The molecule has 0 saturated carbocycles. The van der Waals surface area contributed by atoms with E-state index in [0.29, 0.717) is 11.6 Å². The van der Waals surface area contributed by atoms with Crippen molar-refractivity contribution >= 4 is 28.9 Å². The first-order valence-electron chi connectivity index (χ1n) is 5.78. The summed E-state index contributed by atoms with van der Waals surface area (Å²) in [7, 11) is 0. The monoisotopic (exact) mass is 252 g/mol. The average Bonchev–Trinajstić information content (AvgIpc) is 2.78. The highest BCUT2D eigenvalue weighted by Gasteiger charge is 2.12. The molecule has 2 aromatic heterocycles. The number of pyridine rings is 1. The Kier molecular flexibility index (Phi) is 2.45. The summed E-state index contributed by atoms with van der Waals surface area (Å²) in [4.78, 5) is 15.2. The molecule has 0 amide bonds. The quantitative estimate of drug-likeness (QED) is 0.682. The maximum atomic E-state index is 11.1. The third-order valence-electron chi connectivity index (χ3n) is 3.09. The first-order valence-corrected chi connectivity index (χ1v) is 5.78. The number of hydrogen-bond donors (Lipinski definition) is 2. The molecular weight excluding hydrogens is 240 g/mol. The number of nitrogen functional groups attached to an aromatic ring is 2. The molecule has 0 atom stereocenters. The lowest BCUT2D eigenvalue weighted by Gasteiger charge is -2.04. The van der Waals surface area contributed by atoms with Crippen LogP contribution in [0, 0.1) is 0 Å². The van der Waals surface area contributed by atoms with Gasteiger partial charge in [-0.15, -0.1) is 0 Å². The summed E-state index contributed by atoms with van der Waals surface area (Å²) in [6.07, 6.45) is 2.52. The van der Waals surface area contributed by atoms with Gasteiger partial charge in [-0.3, -0.25) is 9.36 Å². The van der Waals surface area contributed by atoms with Crippen LogP contribution in [-0.4, -0.2) is 16.0 Å². The average molecular weight is 252 g/mol. The van der Waals surface area contributed by atoms with Gasteiger partial charge in [-0.2, -0.15) is 0 Å². The van der Waals surface area contributed by atoms with Gasteiger partial charge in [0.2, 0.25) is 6.41 Å². The maximum absolute atomic E-state index is 11.1. The number of nitrogens with two attached hydrogens (primary N) is 2. The van der Waals surface area contributed by atoms with Crippen LogP contribution in [0.3, 0.4) is 0 Å². The largest absolute Gasteiger partial charge is 0.384 e. The molecule has 0 aliphatic rings. The Morgan fingerprint density at radius 1 is 1.05 bits per heavy atom. The van der Waals surface area contributed by atoms with Crippen molar-refractivity contribution in [3.63, 3.8) is 0 Å². The van der Waals surface area contributed by atoms with Crippen molar-refractivity contribution < 1.29 is 4.79 Å². The van der Waals surface area contributed by atoms with Crippen molar-refractivity contribution in [1.29, 1.82) is 0 Å². The molecule has 0 aliphatic heterocycles. The topological polar surface area (TPSA) is 86.9 Å². The van der Waals surface area contributed by atoms with Crippen molar-refractivity contribution in [2.24, 2.45) is 0 Å². The van der Waals surface area contributed by atoms with E-state index < -0.39 is 0 Å². The minimum Gasteiger partial charge on any atom is -0.384 e. The minimum atomic E-state index is 0.355. The van der Waals surface area contributed by atoms with E-state index in [9.17, 15) is 4.79 Å². The van der Waals surface area contributed by atoms with Gasteiger partial charge in [0.05, 0.1) is 5.52 Å². The van der Waals surface area contributed by atoms with Crippen molar-refractivity contribution in [3.05, 3.63) is 42.6 Å². The van der Waals surface area contributed by atoms with Gasteiger partial charge in [0.15, 0.2) is 0 Å². The van der Waals surface area contributed by atoms with E-state index in [2.05, 4.69) is 4.98 Å². The van der Waals surface area contributed by atoms with Crippen LogP contribution in [0.2, 0.25) is 0 Å². The maximum Gasteiger partial charge on any atom is 0.218 e. The van der Waals surface area contributed by atoms with Crippen molar-refractivity contribution in [3.8, 4) is 11.1 Å². The first-order chi connectivity index (χ1) is 9.20. The normalized spacial score (nSPS) is 10.7. The van der Waals surface area contributed by atoms with Gasteiger partial charge in [0.1, 0.15) is 11.6 Å². The molecule has 0 spiro atoms. The second kappa shape index (κ2) is 4.13. The SMILES string of the molecule is Nc1ccc(-c2cn(C=O)c3ccccc23)c(N)n1. The molecule has 0 radical (unpaired) electrons. The molecule has 5 heteroatoms. The van der Waals surface area contributed by atoms with E-state index in [0.717, 1.165) is 28.4 Å². The Labute approximate surface area is 109 Å². The predicted molar refractivity (Wildman–Crippen MR) is 76.1 cm³/mol. The summed E-state index contributed by atoms with van der Waals surface area (Å²) in [5.41, 5.74) is 14.0. The smallest absolute Gasteiger partial charge is 0.218 e. The summed E-state index contributed by atoms with van der Waals surface area (Å²) in [5, 5.41) is 0.952. The minimum absolute atomic E-state index is 0.355. The lowest BCUT2D eigenvalue weighted by Crippen LogP contribution is -1.97. The molecule has 4 N–H and O–H groups in total. The van der Waals surface area contributed by atoms with Crippen LogP contribution >= 0.6 is 0 Å². The van der Waals surface area contributed by atoms with Crippen LogP contribution in [0.5, 0.6) is 0 Å². The number of hydrogen-bond acceptors (Lipinski definition) is 4. The fraction of sp³-hybridized carbons (Fsp3) is 0. The number of fused-ring (bicyclic) bond motifs is 1. The van der Waals surface area contributed by atoms with Gasteiger partial charge in [-0.05, 0) is 18.2 Å². The highest BCUT2D eigenvalue weighted by Crippen LogP contribution is 2.33. The molecule has 0 unspecified atom stereocenters. The predicted octanol–water partition coefficient (Wildman–Crippen LogP) is 1.91. The molecule has 94 valence electrons. The second-order valence-corrected chi connectivity index (χ2v) is 4.24. The summed E-state index contributed by atoms with van der Waals surface area (Å²) in [5.74, 6) is 0.731. The van der Waals surface area contributed by atoms with Crippen molar-refractivity contribution in [2.75, 3.05) is 11.5 Å². The summed E-state index contributed by atoms with van der Waals surface area (Å²) < 4.78 is 1.53. The van der Waals surface area contributed by atoms with E-state index in [1.807, 2.05) is 30.3 Å². The van der Waals surface area contributed by atoms with E-state index in [1.54, 1.807) is 12.3 Å². The zero-order chi connectivity index (χ0) is 13.4. The Hall–Kier alpha value is -2.82. The molecule has 1 aromatic carbocycles. The van der Waals surface area contributed by atoms with Crippen molar-refractivity contribution in [1.82, 2.24) is 9.55 Å². The molecule has 2 heterocycles. The van der Waals surface area contributed by atoms with Crippen LogP contribution in [-0.2, 0) is 4.79 Å². The molecule has 0 saturated heterocycles. The zero-order valence-corrected chi connectivity index (χ0v) is 10.1. The van der Waals surface area contributed by atoms with Crippen LogP contribution in [0.25, 0.3) is 22.0 Å². The van der Waals surface area contributed by atoms with Gasteiger partial charge in [0, 0.05) is 22.7 Å². The van der Waals surface area contributed by atoms with Crippen LogP contribution in [0.1, 0.15) is 0 Å². The van der Waals surface area contributed by atoms with Gasteiger partial charge < -0.3 is 11.5 Å². The number of rotatable bonds is 2. The van der Waals surface area contributed by atoms with Gasteiger partial charge in [-0.25, -0.2) is 4.98 Å². The summed E-state index contributed by atoms with van der Waals surface area (Å²) >= 11 is 0. The molecule has 3 rings (SSSR count). The van der Waals surface area contributed by atoms with E-state index in [-0.39, 0.29) is 0 Å². The van der Waals surface area contributed by atoms with Crippen LogP contribution in [0.4, 0.5) is 11.6 Å². The van der Waals surface area contributed by atoms with Gasteiger partial charge in [0.25, 0.3) is 0 Å². The number of carbonyl (C=O) groups is 1. The second-order valence-electron chi connectivity index (χ2n) is 4.24. The van der Waals surface area contributed by atoms with Gasteiger partial charge in [-0.1, -0.05) is 18.2 Å². The number of anilines is 2.